The number of ether oxygens (including phenoxy) is 2. The molecule has 2 rings (SSSR count). The summed E-state index contributed by atoms with van der Waals surface area (Å²) in [6.07, 6.45) is 0. The molecule has 8 nitrogen and oxygen atoms in total. The molecule has 21 heavy (non-hydrogen) atoms. The zero-order valence-corrected chi connectivity index (χ0v) is 12.4. The van der Waals surface area contributed by atoms with Gasteiger partial charge in [0.2, 0.25) is 17.0 Å². The molecule has 0 saturated heterocycles. The van der Waals surface area contributed by atoms with Crippen molar-refractivity contribution in [1.82, 2.24) is 15.2 Å². The molecule has 0 radical (unpaired) electrons. The van der Waals surface area contributed by atoms with Gasteiger partial charge in [-0.2, -0.15) is 4.98 Å². The normalized spacial score (nSPS) is 10.2. The number of carbonyl (C=O) groups is 1. The first-order valence-electron chi connectivity index (χ1n) is 5.95. The van der Waals surface area contributed by atoms with E-state index in [1.807, 2.05) is 0 Å². The number of nitrogen functional groups attached to an aromatic ring is 1. The summed E-state index contributed by atoms with van der Waals surface area (Å²) in [6, 6.07) is 5.14. The topological polar surface area (TPSA) is 115 Å². The number of carbonyl (C=O) groups excluding carboxylic acids is 1. The van der Waals surface area contributed by atoms with E-state index in [1.54, 1.807) is 25.3 Å². The van der Waals surface area contributed by atoms with E-state index in [0.717, 1.165) is 0 Å². The van der Waals surface area contributed by atoms with Gasteiger partial charge in [-0.05, 0) is 12.1 Å². The van der Waals surface area contributed by atoms with E-state index in [-0.39, 0.29) is 17.6 Å². The van der Waals surface area contributed by atoms with Crippen LogP contribution in [0.5, 0.6) is 11.5 Å². The van der Waals surface area contributed by atoms with E-state index in [0.29, 0.717) is 22.3 Å². The fourth-order valence-electron chi connectivity index (χ4n) is 1.54. The summed E-state index contributed by atoms with van der Waals surface area (Å²) in [5, 5.41) is 9.51. The zero-order valence-electron chi connectivity index (χ0n) is 11.5. The number of aromatic nitrogens is 3. The molecular weight excluding hydrogens is 294 g/mol. The molecular formula is C12H15N5O3S. The number of rotatable bonds is 6. The molecule has 0 unspecified atom stereocenters. The van der Waals surface area contributed by atoms with Crippen LogP contribution in [0.15, 0.2) is 23.4 Å². The number of amides is 1. The van der Waals surface area contributed by atoms with Gasteiger partial charge in [-0.15, -0.1) is 5.10 Å². The number of nitrogens with two attached hydrogens (primary N) is 1. The summed E-state index contributed by atoms with van der Waals surface area (Å²) in [6.45, 7) is 0. The zero-order chi connectivity index (χ0) is 15.2. The van der Waals surface area contributed by atoms with Gasteiger partial charge in [-0.25, -0.2) is 5.10 Å². The molecule has 1 heterocycles. The number of H-pyrrole nitrogens is 1. The average molecular weight is 309 g/mol. The highest BCUT2D eigenvalue weighted by Crippen LogP contribution is 2.29. The molecule has 4 N–H and O–H groups in total. The Balaban J connectivity index is 1.95. The van der Waals surface area contributed by atoms with Gasteiger partial charge in [0.05, 0.1) is 25.7 Å². The van der Waals surface area contributed by atoms with Crippen molar-refractivity contribution in [3.05, 3.63) is 18.2 Å². The SMILES string of the molecule is COc1ccc(NC(=O)CSc2n[nH]c(N)n2)c(OC)c1. The van der Waals surface area contributed by atoms with E-state index in [2.05, 4.69) is 20.5 Å². The second kappa shape index (κ2) is 6.84. The van der Waals surface area contributed by atoms with Crippen LogP contribution in [0.3, 0.4) is 0 Å². The summed E-state index contributed by atoms with van der Waals surface area (Å²) in [5.74, 6) is 1.35. The number of hydrogen-bond donors (Lipinski definition) is 3. The Hall–Kier alpha value is -2.42. The number of hydrogen-bond acceptors (Lipinski definition) is 7. The Kier molecular flexibility index (Phi) is 4.88. The first kappa shape index (κ1) is 15.0. The van der Waals surface area contributed by atoms with E-state index in [4.69, 9.17) is 15.2 Å². The highest BCUT2D eigenvalue weighted by molar-refractivity contribution is 7.99. The predicted octanol–water partition coefficient (Wildman–Crippen LogP) is 1.13. The quantitative estimate of drug-likeness (QED) is 0.685. The highest BCUT2D eigenvalue weighted by atomic mass is 32.2. The van der Waals surface area contributed by atoms with Crippen molar-refractivity contribution in [3.8, 4) is 11.5 Å². The maximum Gasteiger partial charge on any atom is 0.234 e. The lowest BCUT2D eigenvalue weighted by Crippen LogP contribution is -2.14. The highest BCUT2D eigenvalue weighted by Gasteiger charge is 2.10. The molecule has 0 spiro atoms. The molecule has 112 valence electrons. The van der Waals surface area contributed by atoms with Crippen molar-refractivity contribution in [2.24, 2.45) is 0 Å². The maximum absolute atomic E-state index is 11.9. The largest absolute Gasteiger partial charge is 0.497 e. The molecule has 0 aliphatic carbocycles. The van der Waals surface area contributed by atoms with Gasteiger partial charge < -0.3 is 20.5 Å². The van der Waals surface area contributed by atoms with Gasteiger partial charge in [-0.1, -0.05) is 11.8 Å². The Morgan fingerprint density at radius 2 is 2.24 bits per heavy atom. The van der Waals surface area contributed by atoms with Crippen LogP contribution in [-0.4, -0.2) is 41.1 Å². The minimum absolute atomic E-state index is 0.159. The van der Waals surface area contributed by atoms with Crippen molar-refractivity contribution >= 4 is 29.3 Å². The molecule has 1 amide bonds. The Morgan fingerprint density at radius 1 is 1.43 bits per heavy atom. The van der Waals surface area contributed by atoms with Crippen LogP contribution in [0, 0.1) is 0 Å². The Labute approximate surface area is 125 Å². The third-order valence-electron chi connectivity index (χ3n) is 2.50. The molecule has 0 bridgehead atoms. The molecule has 1 aromatic carbocycles. The number of thioether (sulfide) groups is 1. The minimum atomic E-state index is -0.202. The molecule has 0 saturated carbocycles. The summed E-state index contributed by atoms with van der Waals surface area (Å²) >= 11 is 1.18. The van der Waals surface area contributed by atoms with Gasteiger partial charge in [0.25, 0.3) is 0 Å². The van der Waals surface area contributed by atoms with Gasteiger partial charge in [-0.3, -0.25) is 4.79 Å². The lowest BCUT2D eigenvalue weighted by molar-refractivity contribution is -0.113. The van der Waals surface area contributed by atoms with Crippen LogP contribution in [-0.2, 0) is 4.79 Å². The molecule has 0 aliphatic heterocycles. The van der Waals surface area contributed by atoms with Crippen molar-refractivity contribution in [2.45, 2.75) is 5.16 Å². The summed E-state index contributed by atoms with van der Waals surface area (Å²) in [4.78, 5) is 15.8. The first-order valence-corrected chi connectivity index (χ1v) is 6.93. The third kappa shape index (κ3) is 4.02. The number of aromatic amines is 1. The van der Waals surface area contributed by atoms with E-state index >= 15 is 0 Å². The standard InChI is InChI=1S/C12H15N5O3S/c1-19-7-3-4-8(9(5-7)20-2)14-10(18)6-21-12-15-11(13)16-17-12/h3-5H,6H2,1-2H3,(H,14,18)(H3,13,15,16,17). The number of benzene rings is 1. The smallest absolute Gasteiger partial charge is 0.234 e. The molecule has 0 fully saturated rings. The molecule has 2 aromatic rings. The minimum Gasteiger partial charge on any atom is -0.497 e. The fraction of sp³-hybridized carbons (Fsp3) is 0.250. The summed E-state index contributed by atoms with van der Waals surface area (Å²) in [7, 11) is 3.09. The van der Waals surface area contributed by atoms with E-state index in [9.17, 15) is 4.79 Å². The van der Waals surface area contributed by atoms with Crippen LogP contribution >= 0.6 is 11.8 Å². The average Bonchev–Trinajstić information content (AvgIpc) is 2.91. The second-order valence-electron chi connectivity index (χ2n) is 3.91. The lowest BCUT2D eigenvalue weighted by Gasteiger charge is -2.11. The molecule has 0 aliphatic rings. The van der Waals surface area contributed by atoms with Crippen LogP contribution in [0.1, 0.15) is 0 Å². The number of nitrogens with one attached hydrogen (secondary N) is 2. The first-order chi connectivity index (χ1) is 10.1. The Morgan fingerprint density at radius 3 is 2.86 bits per heavy atom. The van der Waals surface area contributed by atoms with Gasteiger partial charge >= 0.3 is 0 Å². The van der Waals surface area contributed by atoms with Gasteiger partial charge in [0.15, 0.2) is 0 Å². The van der Waals surface area contributed by atoms with Crippen LogP contribution in [0.4, 0.5) is 11.6 Å². The molecule has 9 heteroatoms. The van der Waals surface area contributed by atoms with Gasteiger partial charge in [0, 0.05) is 6.07 Å². The van der Waals surface area contributed by atoms with E-state index in [1.165, 1.54) is 18.9 Å². The van der Waals surface area contributed by atoms with Gasteiger partial charge in [0.1, 0.15) is 11.5 Å². The number of anilines is 2. The van der Waals surface area contributed by atoms with Crippen molar-refractivity contribution in [2.75, 3.05) is 31.0 Å². The Bertz CT molecular complexity index is 631. The molecule has 1 aromatic heterocycles. The van der Waals surface area contributed by atoms with Crippen LogP contribution in [0.25, 0.3) is 0 Å². The molecule has 0 atom stereocenters. The summed E-state index contributed by atoms with van der Waals surface area (Å²) in [5.41, 5.74) is 5.97. The van der Waals surface area contributed by atoms with Crippen LogP contribution < -0.4 is 20.5 Å². The predicted molar refractivity (Wildman–Crippen MR) is 79.7 cm³/mol. The van der Waals surface area contributed by atoms with Crippen LogP contribution in [0.2, 0.25) is 0 Å². The summed E-state index contributed by atoms with van der Waals surface area (Å²) < 4.78 is 10.3. The van der Waals surface area contributed by atoms with Crippen molar-refractivity contribution in [3.63, 3.8) is 0 Å². The maximum atomic E-state index is 11.9. The van der Waals surface area contributed by atoms with Crippen molar-refractivity contribution in [1.29, 1.82) is 0 Å². The fourth-order valence-corrected chi connectivity index (χ4v) is 2.15. The monoisotopic (exact) mass is 309 g/mol. The third-order valence-corrected chi connectivity index (χ3v) is 3.34. The van der Waals surface area contributed by atoms with Crippen molar-refractivity contribution < 1.29 is 14.3 Å². The lowest BCUT2D eigenvalue weighted by atomic mass is 10.2. The number of nitrogens with zero attached hydrogens (tertiary/aromatic N) is 2. The van der Waals surface area contributed by atoms with E-state index < -0.39 is 0 Å². The second-order valence-corrected chi connectivity index (χ2v) is 4.85. The number of methoxy groups -OCH3 is 2.